The highest BCUT2D eigenvalue weighted by atomic mass is 35.5. The number of hydrogen-bond acceptors (Lipinski definition) is 4. The van der Waals surface area contributed by atoms with Gasteiger partial charge in [0.1, 0.15) is 12.6 Å². The van der Waals surface area contributed by atoms with Gasteiger partial charge < -0.3 is 10.2 Å². The lowest BCUT2D eigenvalue weighted by atomic mass is 10.0. The van der Waals surface area contributed by atoms with Crippen LogP contribution in [-0.4, -0.2) is 44.3 Å². The summed E-state index contributed by atoms with van der Waals surface area (Å²) in [7, 11) is -4.15. The molecular formula is C34H36ClN3O4S. The SMILES string of the molecule is CCNC(=O)[C@H](Cc1ccccc1)N(Cc1ccccc1Cl)C(=O)CN(c1ccc(C)cc1)S(=O)(=O)c1ccc(C)cc1. The van der Waals surface area contributed by atoms with Gasteiger partial charge in [-0.2, -0.15) is 0 Å². The zero-order valence-corrected chi connectivity index (χ0v) is 26.1. The monoisotopic (exact) mass is 617 g/mol. The molecule has 4 aromatic rings. The van der Waals surface area contributed by atoms with Gasteiger partial charge in [-0.15, -0.1) is 0 Å². The Labute approximate surface area is 259 Å². The molecule has 0 saturated carbocycles. The van der Waals surface area contributed by atoms with E-state index in [0.29, 0.717) is 22.8 Å². The molecule has 4 aromatic carbocycles. The summed E-state index contributed by atoms with van der Waals surface area (Å²) in [4.78, 5) is 29.4. The Morgan fingerprint density at radius 1 is 0.814 bits per heavy atom. The fraction of sp³-hybridized carbons (Fsp3) is 0.235. The van der Waals surface area contributed by atoms with Gasteiger partial charge in [0, 0.05) is 24.5 Å². The van der Waals surface area contributed by atoms with Crippen molar-refractivity contribution in [1.29, 1.82) is 0 Å². The molecule has 0 aliphatic heterocycles. The predicted molar refractivity (Wildman–Crippen MR) is 172 cm³/mol. The molecule has 9 heteroatoms. The van der Waals surface area contributed by atoms with E-state index in [1.165, 1.54) is 17.0 Å². The molecule has 0 aliphatic carbocycles. The Bertz CT molecular complexity index is 1640. The smallest absolute Gasteiger partial charge is 0.264 e. The fourth-order valence-electron chi connectivity index (χ4n) is 4.73. The van der Waals surface area contributed by atoms with Crippen LogP contribution in [0.4, 0.5) is 5.69 Å². The second kappa shape index (κ2) is 14.4. The van der Waals surface area contributed by atoms with Crippen LogP contribution >= 0.6 is 11.6 Å². The number of anilines is 1. The van der Waals surface area contributed by atoms with Crippen LogP contribution in [-0.2, 0) is 32.6 Å². The lowest BCUT2D eigenvalue weighted by Gasteiger charge is -2.34. The first-order valence-corrected chi connectivity index (χ1v) is 15.9. The molecule has 0 radical (unpaired) electrons. The number of rotatable bonds is 12. The molecule has 0 bridgehead atoms. The van der Waals surface area contributed by atoms with Crippen molar-refractivity contribution in [2.75, 3.05) is 17.4 Å². The van der Waals surface area contributed by atoms with E-state index in [9.17, 15) is 18.0 Å². The number of halogens is 1. The second-order valence-corrected chi connectivity index (χ2v) is 12.6. The quantitative estimate of drug-likeness (QED) is 0.214. The second-order valence-electron chi connectivity index (χ2n) is 10.4. The molecule has 0 aromatic heterocycles. The van der Waals surface area contributed by atoms with Crippen LogP contribution < -0.4 is 9.62 Å². The first kappa shape index (κ1) is 31.8. The van der Waals surface area contributed by atoms with Gasteiger partial charge in [-0.3, -0.25) is 13.9 Å². The summed E-state index contributed by atoms with van der Waals surface area (Å²) < 4.78 is 29.2. The topological polar surface area (TPSA) is 86.8 Å². The number of nitrogens with zero attached hydrogens (tertiary/aromatic N) is 2. The normalized spacial score (nSPS) is 11.9. The predicted octanol–water partition coefficient (Wildman–Crippen LogP) is 5.93. The largest absolute Gasteiger partial charge is 0.355 e. The minimum absolute atomic E-state index is 0.0134. The van der Waals surface area contributed by atoms with Crippen LogP contribution in [0.1, 0.15) is 29.2 Å². The molecule has 43 heavy (non-hydrogen) atoms. The number of carbonyl (C=O) groups excluding carboxylic acids is 2. The molecule has 0 saturated heterocycles. The van der Waals surface area contributed by atoms with Crippen molar-refractivity contribution in [3.63, 3.8) is 0 Å². The zero-order chi connectivity index (χ0) is 31.0. The summed E-state index contributed by atoms with van der Waals surface area (Å²) in [6, 6.07) is 29.1. The molecule has 1 atom stereocenters. The summed E-state index contributed by atoms with van der Waals surface area (Å²) in [5.74, 6) is -0.876. The van der Waals surface area contributed by atoms with Crippen molar-refractivity contribution in [3.8, 4) is 0 Å². The summed E-state index contributed by atoms with van der Waals surface area (Å²) in [6.45, 7) is 5.45. The third kappa shape index (κ3) is 8.03. The van der Waals surface area contributed by atoms with E-state index >= 15 is 0 Å². The zero-order valence-electron chi connectivity index (χ0n) is 24.5. The highest BCUT2D eigenvalue weighted by Gasteiger charge is 2.34. The highest BCUT2D eigenvalue weighted by Crippen LogP contribution is 2.26. The summed E-state index contributed by atoms with van der Waals surface area (Å²) in [6.07, 6.45) is 0.234. The molecule has 7 nitrogen and oxygen atoms in total. The Hall–Kier alpha value is -4.14. The summed E-state index contributed by atoms with van der Waals surface area (Å²) in [5.41, 5.74) is 3.70. The number of carbonyl (C=O) groups is 2. The maximum atomic E-state index is 14.4. The maximum absolute atomic E-state index is 14.4. The van der Waals surface area contributed by atoms with Gasteiger partial charge >= 0.3 is 0 Å². The lowest BCUT2D eigenvalue weighted by molar-refractivity contribution is -0.140. The Kier molecular flexibility index (Phi) is 10.6. The van der Waals surface area contributed by atoms with E-state index in [1.807, 2.05) is 57.2 Å². The van der Waals surface area contributed by atoms with Crippen LogP contribution in [0.2, 0.25) is 5.02 Å². The van der Waals surface area contributed by atoms with Crippen molar-refractivity contribution in [1.82, 2.24) is 10.2 Å². The molecule has 0 heterocycles. The van der Waals surface area contributed by atoms with E-state index in [-0.39, 0.29) is 23.8 Å². The fourth-order valence-corrected chi connectivity index (χ4v) is 6.34. The third-order valence-electron chi connectivity index (χ3n) is 7.13. The molecule has 0 fully saturated rings. The van der Waals surface area contributed by atoms with Gasteiger partial charge in [-0.1, -0.05) is 95.5 Å². The van der Waals surface area contributed by atoms with Crippen LogP contribution in [0.5, 0.6) is 0 Å². The van der Waals surface area contributed by atoms with E-state index in [1.54, 1.807) is 54.6 Å². The molecule has 0 aliphatic rings. The minimum atomic E-state index is -4.15. The van der Waals surface area contributed by atoms with E-state index in [2.05, 4.69) is 5.32 Å². The average Bonchev–Trinajstić information content (AvgIpc) is 3.00. The molecule has 2 amide bonds. The van der Waals surface area contributed by atoms with E-state index in [0.717, 1.165) is 21.0 Å². The lowest BCUT2D eigenvalue weighted by Crippen LogP contribution is -2.53. The molecule has 0 unspecified atom stereocenters. The van der Waals surface area contributed by atoms with Gasteiger partial charge in [-0.25, -0.2) is 8.42 Å². The summed E-state index contributed by atoms with van der Waals surface area (Å²) in [5, 5.41) is 3.30. The van der Waals surface area contributed by atoms with Gasteiger partial charge in [0.25, 0.3) is 10.0 Å². The number of likely N-dealkylation sites (N-methyl/N-ethyl adjacent to an activating group) is 1. The van der Waals surface area contributed by atoms with E-state index < -0.39 is 28.5 Å². The average molecular weight is 618 g/mol. The minimum Gasteiger partial charge on any atom is -0.355 e. The Morgan fingerprint density at radius 2 is 1.40 bits per heavy atom. The van der Waals surface area contributed by atoms with E-state index in [4.69, 9.17) is 11.6 Å². The van der Waals surface area contributed by atoms with Crippen molar-refractivity contribution in [2.45, 2.75) is 44.7 Å². The Balaban J connectivity index is 1.80. The summed E-state index contributed by atoms with van der Waals surface area (Å²) >= 11 is 6.52. The van der Waals surface area contributed by atoms with Crippen molar-refractivity contribution < 1.29 is 18.0 Å². The number of hydrogen-bond donors (Lipinski definition) is 1. The van der Waals surface area contributed by atoms with Crippen LogP contribution in [0, 0.1) is 13.8 Å². The molecule has 0 spiro atoms. The van der Waals surface area contributed by atoms with Crippen LogP contribution in [0.3, 0.4) is 0 Å². The van der Waals surface area contributed by atoms with Gasteiger partial charge in [0.15, 0.2) is 0 Å². The highest BCUT2D eigenvalue weighted by molar-refractivity contribution is 7.92. The first-order valence-electron chi connectivity index (χ1n) is 14.1. The van der Waals surface area contributed by atoms with Gasteiger partial charge in [0.2, 0.25) is 11.8 Å². The molecule has 4 rings (SSSR count). The molecule has 1 N–H and O–H groups in total. The van der Waals surface area contributed by atoms with Crippen LogP contribution in [0.25, 0.3) is 0 Å². The van der Waals surface area contributed by atoms with Crippen molar-refractivity contribution in [2.24, 2.45) is 0 Å². The number of amides is 2. The maximum Gasteiger partial charge on any atom is 0.264 e. The molecular weight excluding hydrogens is 582 g/mol. The van der Waals surface area contributed by atoms with Gasteiger partial charge in [0.05, 0.1) is 10.6 Å². The molecule has 224 valence electrons. The Morgan fingerprint density at radius 3 is 2.00 bits per heavy atom. The first-order chi connectivity index (χ1) is 20.6. The van der Waals surface area contributed by atoms with Crippen molar-refractivity contribution >= 4 is 39.1 Å². The number of nitrogens with one attached hydrogen (secondary N) is 1. The van der Waals surface area contributed by atoms with Crippen molar-refractivity contribution in [3.05, 3.63) is 130 Å². The number of aryl methyl sites for hydroxylation is 2. The number of benzene rings is 4. The van der Waals surface area contributed by atoms with Gasteiger partial charge in [-0.05, 0) is 62.2 Å². The number of sulfonamides is 1. The van der Waals surface area contributed by atoms with Crippen LogP contribution in [0.15, 0.2) is 108 Å². The standard InChI is InChI=1S/C34H36ClN3O4S/c1-4-36-34(40)32(22-27-10-6-5-7-11-27)37(23-28-12-8-9-13-31(28)35)33(39)24-38(29-18-14-25(2)15-19-29)43(41,42)30-20-16-26(3)17-21-30/h5-21,32H,4,22-24H2,1-3H3,(H,36,40)/t32-/m0/s1. The third-order valence-corrected chi connectivity index (χ3v) is 9.29.